The predicted molar refractivity (Wildman–Crippen MR) is 67.2 cm³/mol. The third kappa shape index (κ3) is 2.88. The predicted octanol–water partition coefficient (Wildman–Crippen LogP) is 0.907. The minimum atomic E-state index is -0.182. The van der Waals surface area contributed by atoms with Crippen LogP contribution >= 0.6 is 0 Å². The van der Waals surface area contributed by atoms with Gasteiger partial charge < -0.3 is 10.6 Å². The van der Waals surface area contributed by atoms with E-state index in [2.05, 4.69) is 15.7 Å². The fourth-order valence-electron chi connectivity index (χ4n) is 1.45. The number of aryl methyl sites for hydroxylation is 1. The van der Waals surface area contributed by atoms with Crippen molar-refractivity contribution in [3.05, 3.63) is 11.8 Å². The molecule has 6 heteroatoms. The highest BCUT2D eigenvalue weighted by Crippen LogP contribution is 2.19. The molecule has 1 aliphatic carbocycles. The molecule has 0 unspecified atom stereocenters. The third-order valence-electron chi connectivity index (χ3n) is 2.80. The molecule has 0 saturated heterocycles. The molecule has 6 nitrogen and oxygen atoms in total. The maximum absolute atomic E-state index is 11.8. The molecule has 0 bridgehead atoms. The molecule has 1 fully saturated rings. The van der Waals surface area contributed by atoms with Gasteiger partial charge in [-0.15, -0.1) is 0 Å². The molecule has 2 rings (SSSR count). The molecule has 0 aromatic carbocycles. The molecule has 1 aliphatic rings. The first kappa shape index (κ1) is 12.6. The molecule has 0 atom stereocenters. The Labute approximate surface area is 106 Å². The van der Waals surface area contributed by atoms with Crippen molar-refractivity contribution in [1.29, 1.82) is 0 Å². The zero-order valence-corrected chi connectivity index (χ0v) is 10.9. The van der Waals surface area contributed by atoms with Crippen molar-refractivity contribution >= 4 is 17.6 Å². The van der Waals surface area contributed by atoms with Gasteiger partial charge in [-0.3, -0.25) is 14.3 Å². The first-order valence-corrected chi connectivity index (χ1v) is 6.13. The second-order valence-corrected chi connectivity index (χ2v) is 4.93. The largest absolute Gasteiger partial charge is 0.348 e. The number of anilines is 1. The van der Waals surface area contributed by atoms with E-state index in [9.17, 15) is 9.59 Å². The van der Waals surface area contributed by atoms with Gasteiger partial charge in [0, 0.05) is 25.1 Å². The van der Waals surface area contributed by atoms with Crippen molar-refractivity contribution in [2.24, 2.45) is 13.0 Å². The van der Waals surface area contributed by atoms with Crippen molar-refractivity contribution in [2.45, 2.75) is 32.7 Å². The molecule has 0 spiro atoms. The van der Waals surface area contributed by atoms with Gasteiger partial charge in [-0.05, 0) is 12.8 Å². The minimum absolute atomic E-state index is 0.0906. The Kier molecular flexibility index (Phi) is 3.36. The van der Waals surface area contributed by atoms with Crippen LogP contribution < -0.4 is 10.6 Å². The highest BCUT2D eigenvalue weighted by atomic mass is 16.2. The van der Waals surface area contributed by atoms with Crippen LogP contribution in [-0.2, 0) is 11.8 Å². The van der Waals surface area contributed by atoms with Gasteiger partial charge in [0.25, 0.3) is 5.91 Å². The molecular formula is C12H18N4O2. The summed E-state index contributed by atoms with van der Waals surface area (Å²) in [6.07, 6.45) is 2.07. The summed E-state index contributed by atoms with van der Waals surface area (Å²) < 4.78 is 1.50. The lowest BCUT2D eigenvalue weighted by atomic mass is 10.2. The van der Waals surface area contributed by atoms with Gasteiger partial charge in [0.1, 0.15) is 5.82 Å². The van der Waals surface area contributed by atoms with E-state index in [1.54, 1.807) is 13.1 Å². The fourth-order valence-corrected chi connectivity index (χ4v) is 1.45. The summed E-state index contributed by atoms with van der Waals surface area (Å²) in [4.78, 5) is 23.4. The van der Waals surface area contributed by atoms with Crippen LogP contribution in [-0.4, -0.2) is 27.6 Å². The Hall–Kier alpha value is -1.85. The van der Waals surface area contributed by atoms with Crippen molar-refractivity contribution in [2.75, 3.05) is 5.32 Å². The van der Waals surface area contributed by atoms with Gasteiger partial charge in [-0.1, -0.05) is 13.8 Å². The van der Waals surface area contributed by atoms with Gasteiger partial charge in [0.05, 0.1) is 0 Å². The molecule has 18 heavy (non-hydrogen) atoms. The zero-order valence-electron chi connectivity index (χ0n) is 10.9. The van der Waals surface area contributed by atoms with Crippen molar-refractivity contribution < 1.29 is 9.59 Å². The second kappa shape index (κ2) is 4.80. The molecule has 1 aromatic heterocycles. The summed E-state index contributed by atoms with van der Waals surface area (Å²) in [6, 6.07) is 1.89. The summed E-state index contributed by atoms with van der Waals surface area (Å²) >= 11 is 0. The van der Waals surface area contributed by atoms with Crippen molar-refractivity contribution in [3.8, 4) is 0 Å². The Morgan fingerprint density at radius 1 is 1.44 bits per heavy atom. The number of aromatic nitrogens is 2. The molecule has 2 N–H and O–H groups in total. The number of rotatable bonds is 4. The van der Waals surface area contributed by atoms with Crippen LogP contribution in [0.5, 0.6) is 0 Å². The average Bonchev–Trinajstić information content (AvgIpc) is 3.03. The normalized spacial score (nSPS) is 14.7. The fraction of sp³-hybridized carbons (Fsp3) is 0.583. The molecule has 98 valence electrons. The molecule has 0 radical (unpaired) electrons. The monoisotopic (exact) mass is 250 g/mol. The Bertz CT molecular complexity index is 474. The lowest BCUT2D eigenvalue weighted by molar-refractivity contribution is -0.118. The minimum Gasteiger partial charge on any atom is -0.348 e. The van der Waals surface area contributed by atoms with Gasteiger partial charge in [-0.2, -0.15) is 5.10 Å². The topological polar surface area (TPSA) is 76.0 Å². The third-order valence-corrected chi connectivity index (χ3v) is 2.80. The Balaban J connectivity index is 2.05. The van der Waals surface area contributed by atoms with E-state index in [1.807, 2.05) is 13.8 Å². The van der Waals surface area contributed by atoms with Crippen molar-refractivity contribution in [1.82, 2.24) is 15.1 Å². The number of hydrogen-bond donors (Lipinski definition) is 2. The maximum Gasteiger partial charge on any atom is 0.272 e. The highest BCUT2D eigenvalue weighted by Gasteiger charge is 2.25. The van der Waals surface area contributed by atoms with Crippen LogP contribution in [0.2, 0.25) is 0 Å². The summed E-state index contributed by atoms with van der Waals surface area (Å²) in [7, 11) is 1.70. The number of carbonyl (C=O) groups is 2. The van der Waals surface area contributed by atoms with Crippen molar-refractivity contribution in [3.63, 3.8) is 0 Å². The summed E-state index contributed by atoms with van der Waals surface area (Å²) in [5.41, 5.74) is 0.337. The van der Waals surface area contributed by atoms with Crippen LogP contribution in [0.3, 0.4) is 0 Å². The van der Waals surface area contributed by atoms with E-state index in [0.29, 0.717) is 17.6 Å². The number of hydrogen-bond acceptors (Lipinski definition) is 3. The standard InChI is InChI=1S/C12H18N4O2/c1-7(2)11(17)14-10-6-9(15-16(10)3)12(18)13-8-4-5-8/h6-8H,4-5H2,1-3H3,(H,13,18)(H,14,17). The SMILES string of the molecule is CC(C)C(=O)Nc1cc(C(=O)NC2CC2)nn1C. The van der Waals surface area contributed by atoms with E-state index >= 15 is 0 Å². The Morgan fingerprint density at radius 3 is 2.67 bits per heavy atom. The van der Waals surface area contributed by atoms with Gasteiger partial charge in [0.15, 0.2) is 5.69 Å². The lowest BCUT2D eigenvalue weighted by Gasteiger charge is -2.06. The molecule has 0 aliphatic heterocycles. The van der Waals surface area contributed by atoms with E-state index in [-0.39, 0.29) is 17.7 Å². The van der Waals surface area contributed by atoms with Gasteiger partial charge >= 0.3 is 0 Å². The molecule has 1 saturated carbocycles. The average molecular weight is 250 g/mol. The van der Waals surface area contributed by atoms with Crippen LogP contribution in [0, 0.1) is 5.92 Å². The van der Waals surface area contributed by atoms with Gasteiger partial charge in [-0.25, -0.2) is 0 Å². The smallest absolute Gasteiger partial charge is 0.272 e. The maximum atomic E-state index is 11.8. The van der Waals surface area contributed by atoms with Crippen LogP contribution in [0.4, 0.5) is 5.82 Å². The highest BCUT2D eigenvalue weighted by molar-refractivity contribution is 5.96. The molecule has 1 heterocycles. The number of nitrogens with zero attached hydrogens (tertiary/aromatic N) is 2. The molecule has 2 amide bonds. The van der Waals surface area contributed by atoms with E-state index in [0.717, 1.165) is 12.8 Å². The number of nitrogens with one attached hydrogen (secondary N) is 2. The number of amides is 2. The zero-order chi connectivity index (χ0) is 13.3. The summed E-state index contributed by atoms with van der Waals surface area (Å²) in [5, 5.41) is 9.69. The van der Waals surface area contributed by atoms with Crippen LogP contribution in [0.15, 0.2) is 6.07 Å². The quantitative estimate of drug-likeness (QED) is 0.833. The first-order valence-electron chi connectivity index (χ1n) is 6.13. The molecule has 1 aromatic rings. The Morgan fingerprint density at radius 2 is 2.11 bits per heavy atom. The summed E-state index contributed by atoms with van der Waals surface area (Å²) in [6.45, 7) is 3.62. The lowest BCUT2D eigenvalue weighted by Crippen LogP contribution is -2.25. The van der Waals surface area contributed by atoms with E-state index < -0.39 is 0 Å². The van der Waals surface area contributed by atoms with Crippen LogP contribution in [0.1, 0.15) is 37.2 Å². The van der Waals surface area contributed by atoms with Crippen LogP contribution in [0.25, 0.3) is 0 Å². The molecular weight excluding hydrogens is 232 g/mol. The van der Waals surface area contributed by atoms with Gasteiger partial charge in [0.2, 0.25) is 5.91 Å². The van der Waals surface area contributed by atoms with E-state index in [1.165, 1.54) is 4.68 Å². The number of carbonyl (C=O) groups excluding carboxylic acids is 2. The second-order valence-electron chi connectivity index (χ2n) is 4.93. The summed E-state index contributed by atoms with van der Waals surface area (Å²) in [5.74, 6) is 0.156. The van der Waals surface area contributed by atoms with E-state index in [4.69, 9.17) is 0 Å². The first-order chi connectivity index (χ1) is 8.47.